The van der Waals surface area contributed by atoms with Crippen LogP contribution >= 0.6 is 0 Å². The van der Waals surface area contributed by atoms with Crippen molar-refractivity contribution in [1.82, 2.24) is 9.88 Å². The second kappa shape index (κ2) is 6.22. The van der Waals surface area contributed by atoms with Crippen LogP contribution in [0.5, 0.6) is 0 Å². The SMILES string of the molecule is CN(CCC(O)c1ccc(F)cn1)C(C)(C)CO. The molecule has 0 aliphatic carbocycles. The van der Waals surface area contributed by atoms with E-state index >= 15 is 0 Å². The average molecular weight is 256 g/mol. The zero-order valence-electron chi connectivity index (χ0n) is 11.1. The smallest absolute Gasteiger partial charge is 0.141 e. The molecule has 2 N–H and O–H groups in total. The first-order valence-corrected chi connectivity index (χ1v) is 5.98. The fourth-order valence-electron chi connectivity index (χ4n) is 1.47. The van der Waals surface area contributed by atoms with Gasteiger partial charge in [-0.25, -0.2) is 4.39 Å². The Morgan fingerprint density at radius 1 is 1.44 bits per heavy atom. The number of aromatic nitrogens is 1. The maximum atomic E-state index is 12.7. The summed E-state index contributed by atoms with van der Waals surface area (Å²) in [7, 11) is 1.89. The van der Waals surface area contributed by atoms with E-state index in [4.69, 9.17) is 0 Å². The average Bonchev–Trinajstić information content (AvgIpc) is 2.36. The second-order valence-corrected chi connectivity index (χ2v) is 5.10. The van der Waals surface area contributed by atoms with Crippen molar-refractivity contribution in [3.8, 4) is 0 Å². The molecule has 0 saturated carbocycles. The van der Waals surface area contributed by atoms with Gasteiger partial charge in [-0.15, -0.1) is 0 Å². The van der Waals surface area contributed by atoms with Gasteiger partial charge in [-0.2, -0.15) is 0 Å². The van der Waals surface area contributed by atoms with Crippen LogP contribution in [-0.4, -0.2) is 45.8 Å². The van der Waals surface area contributed by atoms with Crippen LogP contribution in [0, 0.1) is 5.82 Å². The van der Waals surface area contributed by atoms with Crippen LogP contribution in [0.3, 0.4) is 0 Å². The fraction of sp³-hybridized carbons (Fsp3) is 0.615. The van der Waals surface area contributed by atoms with Crippen LogP contribution in [0.25, 0.3) is 0 Å². The van der Waals surface area contributed by atoms with Crippen molar-refractivity contribution in [1.29, 1.82) is 0 Å². The molecule has 1 rings (SSSR count). The normalized spacial score (nSPS) is 13.9. The molecule has 0 fully saturated rings. The van der Waals surface area contributed by atoms with Gasteiger partial charge in [0, 0.05) is 12.1 Å². The molecule has 1 heterocycles. The van der Waals surface area contributed by atoms with E-state index in [2.05, 4.69) is 4.98 Å². The van der Waals surface area contributed by atoms with Crippen LogP contribution in [0.2, 0.25) is 0 Å². The maximum absolute atomic E-state index is 12.7. The van der Waals surface area contributed by atoms with Gasteiger partial charge in [0.1, 0.15) is 5.82 Å². The molecular weight excluding hydrogens is 235 g/mol. The number of aliphatic hydroxyl groups excluding tert-OH is 2. The van der Waals surface area contributed by atoms with Crippen LogP contribution in [0.4, 0.5) is 4.39 Å². The Kier molecular flexibility index (Phi) is 5.19. The molecule has 18 heavy (non-hydrogen) atoms. The Balaban J connectivity index is 2.51. The number of nitrogens with zero attached hydrogens (tertiary/aromatic N) is 2. The minimum atomic E-state index is -0.720. The summed E-state index contributed by atoms with van der Waals surface area (Å²) < 4.78 is 12.7. The Hall–Kier alpha value is -1.04. The lowest BCUT2D eigenvalue weighted by molar-refractivity contribution is 0.0611. The number of pyridine rings is 1. The van der Waals surface area contributed by atoms with Crippen molar-refractivity contribution < 1.29 is 14.6 Å². The standard InChI is InChI=1S/C13H21FN2O2/c1-13(2,9-17)16(3)7-6-12(18)11-5-4-10(14)8-15-11/h4-5,8,12,17-18H,6-7,9H2,1-3H3. The van der Waals surface area contributed by atoms with Gasteiger partial charge in [-0.1, -0.05) is 0 Å². The summed E-state index contributed by atoms with van der Waals surface area (Å²) in [6, 6.07) is 2.77. The number of hydrogen-bond acceptors (Lipinski definition) is 4. The largest absolute Gasteiger partial charge is 0.394 e. The van der Waals surface area contributed by atoms with E-state index in [1.165, 1.54) is 12.1 Å². The maximum Gasteiger partial charge on any atom is 0.141 e. The highest BCUT2D eigenvalue weighted by Gasteiger charge is 2.23. The van der Waals surface area contributed by atoms with Crippen LogP contribution < -0.4 is 0 Å². The minimum Gasteiger partial charge on any atom is -0.394 e. The number of halogens is 1. The molecule has 0 amide bonds. The van der Waals surface area contributed by atoms with Gasteiger partial charge in [-0.3, -0.25) is 9.88 Å². The molecule has 1 aromatic rings. The molecule has 0 bridgehead atoms. The molecule has 0 aliphatic heterocycles. The summed E-state index contributed by atoms with van der Waals surface area (Å²) in [4.78, 5) is 5.82. The number of hydrogen-bond donors (Lipinski definition) is 2. The first-order chi connectivity index (χ1) is 8.36. The van der Waals surface area contributed by atoms with Crippen LogP contribution in [-0.2, 0) is 0 Å². The quantitative estimate of drug-likeness (QED) is 0.806. The van der Waals surface area contributed by atoms with Crippen molar-refractivity contribution >= 4 is 0 Å². The van der Waals surface area contributed by atoms with Gasteiger partial charge in [0.05, 0.1) is 24.6 Å². The van der Waals surface area contributed by atoms with Crippen molar-refractivity contribution in [2.24, 2.45) is 0 Å². The Bertz CT molecular complexity index is 368. The summed E-state index contributed by atoms with van der Waals surface area (Å²) in [6.07, 6.45) is 0.862. The molecule has 1 aromatic heterocycles. The van der Waals surface area contributed by atoms with Gasteiger partial charge in [0.25, 0.3) is 0 Å². The zero-order chi connectivity index (χ0) is 13.8. The summed E-state index contributed by atoms with van der Waals surface area (Å²) in [5.41, 5.74) is 0.141. The van der Waals surface area contributed by atoms with E-state index in [-0.39, 0.29) is 12.1 Å². The predicted octanol–water partition coefficient (Wildman–Crippen LogP) is 1.35. The van der Waals surface area contributed by atoms with E-state index in [1.54, 1.807) is 0 Å². The molecule has 102 valence electrons. The monoisotopic (exact) mass is 256 g/mol. The van der Waals surface area contributed by atoms with Gasteiger partial charge in [0.2, 0.25) is 0 Å². The third-order valence-electron chi connectivity index (χ3n) is 3.25. The van der Waals surface area contributed by atoms with Crippen molar-refractivity contribution in [2.45, 2.75) is 31.9 Å². The number of aliphatic hydroxyl groups is 2. The molecular formula is C13H21FN2O2. The molecule has 4 nitrogen and oxygen atoms in total. The summed E-state index contributed by atoms with van der Waals surface area (Å²) in [5.74, 6) is -0.413. The van der Waals surface area contributed by atoms with E-state index in [0.29, 0.717) is 18.7 Å². The first-order valence-electron chi connectivity index (χ1n) is 5.98. The highest BCUT2D eigenvalue weighted by Crippen LogP contribution is 2.17. The van der Waals surface area contributed by atoms with Gasteiger partial charge in [0.15, 0.2) is 0 Å². The van der Waals surface area contributed by atoms with Crippen molar-refractivity contribution in [3.05, 3.63) is 29.8 Å². The first kappa shape index (κ1) is 15.0. The second-order valence-electron chi connectivity index (χ2n) is 5.10. The number of likely N-dealkylation sites (N-methyl/N-ethyl adjacent to an activating group) is 1. The molecule has 5 heteroatoms. The van der Waals surface area contributed by atoms with E-state index in [9.17, 15) is 14.6 Å². The topological polar surface area (TPSA) is 56.6 Å². The molecule has 1 unspecified atom stereocenters. The lowest BCUT2D eigenvalue weighted by Gasteiger charge is -2.34. The van der Waals surface area contributed by atoms with Crippen molar-refractivity contribution in [3.63, 3.8) is 0 Å². The Morgan fingerprint density at radius 3 is 2.61 bits per heavy atom. The van der Waals surface area contributed by atoms with E-state index in [1.807, 2.05) is 25.8 Å². The molecule has 1 atom stereocenters. The number of rotatable bonds is 6. The highest BCUT2D eigenvalue weighted by atomic mass is 19.1. The summed E-state index contributed by atoms with van der Waals surface area (Å²) in [5, 5.41) is 19.1. The van der Waals surface area contributed by atoms with E-state index < -0.39 is 11.9 Å². The van der Waals surface area contributed by atoms with Gasteiger partial charge in [-0.05, 0) is 39.4 Å². The zero-order valence-corrected chi connectivity index (χ0v) is 11.1. The van der Waals surface area contributed by atoms with Crippen LogP contribution in [0.15, 0.2) is 18.3 Å². The predicted molar refractivity (Wildman–Crippen MR) is 67.6 cm³/mol. The third-order valence-corrected chi connectivity index (χ3v) is 3.25. The van der Waals surface area contributed by atoms with Gasteiger partial charge < -0.3 is 10.2 Å². The Labute approximate surface area is 107 Å². The molecule has 0 radical (unpaired) electrons. The fourth-order valence-corrected chi connectivity index (χ4v) is 1.47. The molecule has 0 aliphatic rings. The minimum absolute atomic E-state index is 0.0500. The lowest BCUT2D eigenvalue weighted by Crippen LogP contribution is -2.44. The molecule has 0 spiro atoms. The van der Waals surface area contributed by atoms with Crippen LogP contribution in [0.1, 0.15) is 32.1 Å². The molecule has 0 saturated heterocycles. The van der Waals surface area contributed by atoms with E-state index in [0.717, 1.165) is 6.20 Å². The third kappa shape index (κ3) is 4.01. The van der Waals surface area contributed by atoms with Gasteiger partial charge >= 0.3 is 0 Å². The summed E-state index contributed by atoms with van der Waals surface area (Å²) in [6.45, 7) is 4.52. The van der Waals surface area contributed by atoms with Crippen molar-refractivity contribution in [2.75, 3.05) is 20.2 Å². The lowest BCUT2D eigenvalue weighted by atomic mass is 10.0. The summed E-state index contributed by atoms with van der Waals surface area (Å²) >= 11 is 0. The Morgan fingerprint density at radius 2 is 2.11 bits per heavy atom. The highest BCUT2D eigenvalue weighted by molar-refractivity contribution is 5.08. The molecule has 0 aromatic carbocycles.